The van der Waals surface area contributed by atoms with Gasteiger partial charge < -0.3 is 9.55 Å². The molecule has 1 aromatic heterocycles. The fraction of sp³-hybridized carbons (Fsp3) is 0.462. The number of fused-ring (bicyclic) bond motifs is 1. The fourth-order valence-electron chi connectivity index (χ4n) is 2.33. The molecule has 4 heteroatoms. The number of hydrogen-bond acceptors (Lipinski definition) is 1. The first-order valence-electron chi connectivity index (χ1n) is 6.13. The second-order valence-electron chi connectivity index (χ2n) is 4.80. The van der Waals surface area contributed by atoms with Crippen LogP contribution in [0.2, 0.25) is 5.02 Å². The molecule has 0 radical (unpaired) electrons. The molecule has 3 rings (SSSR count). The predicted molar refractivity (Wildman–Crippen MR) is 74.1 cm³/mol. The van der Waals surface area contributed by atoms with Gasteiger partial charge >= 0.3 is 0 Å². The predicted octanol–water partition coefficient (Wildman–Crippen LogP) is 4.54. The fourth-order valence-corrected chi connectivity index (χ4v) is 2.90. The van der Waals surface area contributed by atoms with Gasteiger partial charge in [-0.15, -0.1) is 0 Å². The van der Waals surface area contributed by atoms with Crippen molar-refractivity contribution in [3.8, 4) is 0 Å². The highest BCUT2D eigenvalue weighted by molar-refractivity contribution is 7.71. The van der Waals surface area contributed by atoms with Gasteiger partial charge in [-0.25, -0.2) is 0 Å². The van der Waals surface area contributed by atoms with Crippen LogP contribution in [0.4, 0.5) is 0 Å². The number of imidazole rings is 1. The molecule has 1 aliphatic rings. The Morgan fingerprint density at radius 2 is 2.24 bits per heavy atom. The lowest BCUT2D eigenvalue weighted by molar-refractivity contribution is 0.582. The molecule has 1 fully saturated rings. The van der Waals surface area contributed by atoms with E-state index in [1.54, 1.807) is 0 Å². The number of nitrogens with zero attached hydrogens (tertiary/aromatic N) is 1. The van der Waals surface area contributed by atoms with Crippen molar-refractivity contribution >= 4 is 34.9 Å². The quantitative estimate of drug-likeness (QED) is 0.806. The second kappa shape index (κ2) is 4.46. The van der Waals surface area contributed by atoms with Gasteiger partial charge in [0.1, 0.15) is 0 Å². The number of aromatic amines is 1. The Morgan fingerprint density at radius 3 is 3.00 bits per heavy atom. The van der Waals surface area contributed by atoms with Gasteiger partial charge in [-0.05, 0) is 43.1 Å². The largest absolute Gasteiger partial charge is 0.331 e. The van der Waals surface area contributed by atoms with Crippen LogP contribution in [0.15, 0.2) is 18.2 Å². The zero-order valence-electron chi connectivity index (χ0n) is 9.58. The highest BCUT2D eigenvalue weighted by Gasteiger charge is 2.20. The van der Waals surface area contributed by atoms with Crippen LogP contribution in [0.3, 0.4) is 0 Å². The molecule has 2 aromatic rings. The molecule has 2 nitrogen and oxygen atoms in total. The lowest BCUT2D eigenvalue weighted by atomic mass is 10.2. The number of para-hydroxylation sites is 1. The van der Waals surface area contributed by atoms with Crippen molar-refractivity contribution in [3.05, 3.63) is 28.0 Å². The monoisotopic (exact) mass is 266 g/mol. The zero-order chi connectivity index (χ0) is 11.8. The number of H-pyrrole nitrogens is 1. The van der Waals surface area contributed by atoms with E-state index in [0.717, 1.165) is 33.3 Å². The average Bonchev–Trinajstić information content (AvgIpc) is 3.05. The van der Waals surface area contributed by atoms with Gasteiger partial charge in [0.15, 0.2) is 4.77 Å². The molecule has 17 heavy (non-hydrogen) atoms. The molecule has 0 amide bonds. The van der Waals surface area contributed by atoms with Crippen LogP contribution in [0, 0.1) is 10.7 Å². The van der Waals surface area contributed by atoms with E-state index in [4.69, 9.17) is 23.8 Å². The van der Waals surface area contributed by atoms with Crippen LogP contribution in [-0.4, -0.2) is 9.55 Å². The molecular weight excluding hydrogens is 252 g/mol. The molecule has 0 bridgehead atoms. The summed E-state index contributed by atoms with van der Waals surface area (Å²) >= 11 is 11.6. The SMILES string of the molecule is S=c1[nH]c2cccc(Cl)c2n1CCCC1CC1. The third kappa shape index (κ3) is 2.26. The number of hydrogen-bond donors (Lipinski definition) is 1. The van der Waals surface area contributed by atoms with Crippen molar-refractivity contribution in [3.63, 3.8) is 0 Å². The van der Waals surface area contributed by atoms with Crippen LogP contribution >= 0.6 is 23.8 Å². The standard InChI is InChI=1S/C13H15ClN2S/c14-10-4-1-5-11-12(10)16(13(17)15-11)8-2-3-9-6-7-9/h1,4-5,9H,2-3,6-8H2,(H,15,17). The Labute approximate surface area is 111 Å². The molecule has 90 valence electrons. The first-order chi connectivity index (χ1) is 8.25. The van der Waals surface area contributed by atoms with Crippen molar-refractivity contribution in [2.45, 2.75) is 32.2 Å². The summed E-state index contributed by atoms with van der Waals surface area (Å²) in [4.78, 5) is 3.21. The molecule has 1 aliphatic carbocycles. The van der Waals surface area contributed by atoms with Crippen LogP contribution in [-0.2, 0) is 6.54 Å². The van der Waals surface area contributed by atoms with E-state index >= 15 is 0 Å². The molecule has 0 atom stereocenters. The van der Waals surface area contributed by atoms with E-state index in [1.165, 1.54) is 25.7 Å². The maximum Gasteiger partial charge on any atom is 0.178 e. The molecule has 0 aliphatic heterocycles. The van der Waals surface area contributed by atoms with Crippen LogP contribution in [0.5, 0.6) is 0 Å². The highest BCUT2D eigenvalue weighted by atomic mass is 35.5. The Balaban J connectivity index is 1.90. The molecular formula is C13H15ClN2S. The lowest BCUT2D eigenvalue weighted by Crippen LogP contribution is -1.98. The van der Waals surface area contributed by atoms with Crippen LogP contribution in [0.1, 0.15) is 25.7 Å². The summed E-state index contributed by atoms with van der Waals surface area (Å²) < 4.78 is 2.92. The molecule has 0 saturated heterocycles. The van der Waals surface area contributed by atoms with Crippen molar-refractivity contribution in [2.24, 2.45) is 5.92 Å². The Hall–Kier alpha value is -0.800. The first kappa shape index (κ1) is 11.3. The molecule has 1 aromatic carbocycles. The maximum absolute atomic E-state index is 6.24. The molecule has 1 heterocycles. The average molecular weight is 267 g/mol. The highest BCUT2D eigenvalue weighted by Crippen LogP contribution is 2.34. The number of nitrogens with one attached hydrogen (secondary N) is 1. The van der Waals surface area contributed by atoms with E-state index in [0.29, 0.717) is 0 Å². The third-order valence-corrected chi connectivity index (χ3v) is 4.06. The Kier molecular flexibility index (Phi) is 2.97. The van der Waals surface area contributed by atoms with Gasteiger partial charge in [0.25, 0.3) is 0 Å². The summed E-state index contributed by atoms with van der Waals surface area (Å²) in [6, 6.07) is 5.89. The van der Waals surface area contributed by atoms with Crippen molar-refractivity contribution in [1.29, 1.82) is 0 Å². The van der Waals surface area contributed by atoms with Crippen molar-refractivity contribution < 1.29 is 0 Å². The number of halogens is 1. The molecule has 1 saturated carbocycles. The van der Waals surface area contributed by atoms with E-state index < -0.39 is 0 Å². The minimum atomic E-state index is 0.779. The minimum Gasteiger partial charge on any atom is -0.331 e. The Morgan fingerprint density at radius 1 is 1.41 bits per heavy atom. The summed E-state index contributed by atoms with van der Waals surface area (Å²) in [6.45, 7) is 0.971. The van der Waals surface area contributed by atoms with E-state index in [9.17, 15) is 0 Å². The maximum atomic E-state index is 6.24. The minimum absolute atomic E-state index is 0.779. The van der Waals surface area contributed by atoms with Crippen molar-refractivity contribution in [2.75, 3.05) is 0 Å². The lowest BCUT2D eigenvalue weighted by Gasteiger charge is -2.05. The van der Waals surface area contributed by atoms with E-state index in [2.05, 4.69) is 9.55 Å². The number of aryl methyl sites for hydroxylation is 1. The third-order valence-electron chi connectivity index (χ3n) is 3.43. The number of benzene rings is 1. The molecule has 1 N–H and O–H groups in total. The van der Waals surface area contributed by atoms with Crippen molar-refractivity contribution in [1.82, 2.24) is 9.55 Å². The van der Waals surface area contributed by atoms with Crippen LogP contribution < -0.4 is 0 Å². The van der Waals surface area contributed by atoms with Gasteiger partial charge in [-0.3, -0.25) is 0 Å². The van der Waals surface area contributed by atoms with Crippen LogP contribution in [0.25, 0.3) is 11.0 Å². The van der Waals surface area contributed by atoms with Gasteiger partial charge in [-0.1, -0.05) is 30.5 Å². The summed E-state index contributed by atoms with van der Waals surface area (Å²) in [5, 5.41) is 0.779. The van der Waals surface area contributed by atoms with Gasteiger partial charge in [0.05, 0.1) is 16.1 Å². The zero-order valence-corrected chi connectivity index (χ0v) is 11.2. The summed E-state index contributed by atoms with van der Waals surface area (Å²) in [6.07, 6.45) is 5.34. The summed E-state index contributed by atoms with van der Waals surface area (Å²) in [5.74, 6) is 0.977. The van der Waals surface area contributed by atoms with Gasteiger partial charge in [0.2, 0.25) is 0 Å². The summed E-state index contributed by atoms with van der Waals surface area (Å²) in [5.41, 5.74) is 2.09. The smallest absolute Gasteiger partial charge is 0.178 e. The normalized spacial score (nSPS) is 15.6. The van der Waals surface area contributed by atoms with E-state index in [1.807, 2.05) is 18.2 Å². The first-order valence-corrected chi connectivity index (χ1v) is 6.91. The molecule has 0 spiro atoms. The topological polar surface area (TPSA) is 20.7 Å². The number of rotatable bonds is 4. The van der Waals surface area contributed by atoms with Gasteiger partial charge in [-0.2, -0.15) is 0 Å². The Bertz CT molecular complexity index is 595. The van der Waals surface area contributed by atoms with Gasteiger partial charge in [0, 0.05) is 6.54 Å². The molecule has 0 unspecified atom stereocenters. The summed E-state index contributed by atoms with van der Waals surface area (Å²) in [7, 11) is 0. The second-order valence-corrected chi connectivity index (χ2v) is 5.60. The number of aromatic nitrogens is 2. The van der Waals surface area contributed by atoms with E-state index in [-0.39, 0.29) is 0 Å².